The van der Waals surface area contributed by atoms with Crippen molar-refractivity contribution in [2.45, 2.75) is 19.0 Å². The van der Waals surface area contributed by atoms with E-state index in [1.165, 1.54) is 12.1 Å². The highest BCUT2D eigenvalue weighted by Gasteiger charge is 2.38. The number of alkyl halides is 3. The number of ketones is 1. The minimum absolute atomic E-state index is 0.132. The second kappa shape index (κ2) is 9.74. The molecule has 0 saturated carbocycles. The Balaban J connectivity index is 1.59. The van der Waals surface area contributed by atoms with Crippen LogP contribution in [0.15, 0.2) is 53.1 Å². The topological polar surface area (TPSA) is 68.5 Å². The predicted molar refractivity (Wildman–Crippen MR) is 108 cm³/mol. The summed E-state index contributed by atoms with van der Waals surface area (Å²) >= 11 is 0. The summed E-state index contributed by atoms with van der Waals surface area (Å²) in [5.74, 6) is -1.00. The molecule has 0 radical (unpaired) electrons. The summed E-state index contributed by atoms with van der Waals surface area (Å²) in [5, 5.41) is 3.35. The number of carbonyl (C=O) groups is 1. The minimum Gasteiger partial charge on any atom is -0.492 e. The molecule has 0 amide bonds. The largest absolute Gasteiger partial charge is 0.492 e. The molecular formula is C22H22F3N3O3. The summed E-state index contributed by atoms with van der Waals surface area (Å²) in [6.45, 7) is 1.41. The zero-order valence-corrected chi connectivity index (χ0v) is 17.1. The molecule has 1 aromatic heterocycles. The number of ether oxygens (including phenoxy) is 1. The van der Waals surface area contributed by atoms with Crippen molar-refractivity contribution < 1.29 is 27.2 Å². The Hall–Kier alpha value is -3.20. The lowest BCUT2D eigenvalue weighted by Crippen LogP contribution is -2.19. The predicted octanol–water partition coefficient (Wildman–Crippen LogP) is 4.51. The van der Waals surface area contributed by atoms with Crippen molar-refractivity contribution in [1.82, 2.24) is 15.0 Å². The Morgan fingerprint density at radius 2 is 1.87 bits per heavy atom. The molecule has 1 heterocycles. The van der Waals surface area contributed by atoms with Crippen LogP contribution in [0.4, 0.5) is 13.2 Å². The van der Waals surface area contributed by atoms with E-state index in [1.54, 1.807) is 12.1 Å². The second-order valence-electron chi connectivity index (χ2n) is 7.22. The van der Waals surface area contributed by atoms with Gasteiger partial charge in [0.25, 0.3) is 0 Å². The Morgan fingerprint density at radius 3 is 2.52 bits per heavy atom. The normalized spacial score (nSPS) is 11.7. The summed E-state index contributed by atoms with van der Waals surface area (Å²) in [6, 6.07) is 13.7. The lowest BCUT2D eigenvalue weighted by molar-refractivity contribution is -0.159. The number of carbonyl (C=O) groups excluding carboxylic acids is 1. The van der Waals surface area contributed by atoms with E-state index in [9.17, 15) is 18.0 Å². The van der Waals surface area contributed by atoms with Gasteiger partial charge >= 0.3 is 12.1 Å². The maximum Gasteiger partial charge on any atom is 0.471 e. The lowest BCUT2D eigenvalue weighted by atomic mass is 10.0. The third-order valence-corrected chi connectivity index (χ3v) is 4.48. The number of Topliss-reactive ketones (excluding diaryl/α,β-unsaturated/α-hetero) is 1. The van der Waals surface area contributed by atoms with E-state index in [0.29, 0.717) is 18.6 Å². The Kier molecular flexibility index (Phi) is 7.06. The van der Waals surface area contributed by atoms with Crippen molar-refractivity contribution in [2.75, 3.05) is 27.2 Å². The number of benzene rings is 2. The van der Waals surface area contributed by atoms with Crippen LogP contribution >= 0.6 is 0 Å². The molecule has 6 nitrogen and oxygen atoms in total. The molecule has 0 saturated heterocycles. The van der Waals surface area contributed by atoms with Gasteiger partial charge in [-0.05, 0) is 44.3 Å². The van der Waals surface area contributed by atoms with Crippen LogP contribution in [0.25, 0.3) is 11.4 Å². The maximum atomic E-state index is 12.6. The third-order valence-electron chi connectivity index (χ3n) is 4.48. The van der Waals surface area contributed by atoms with E-state index < -0.39 is 12.1 Å². The zero-order chi connectivity index (χ0) is 22.4. The zero-order valence-electron chi connectivity index (χ0n) is 17.1. The molecule has 0 unspecified atom stereocenters. The van der Waals surface area contributed by atoms with Crippen LogP contribution in [0.3, 0.4) is 0 Å². The third kappa shape index (κ3) is 6.39. The number of hydrogen-bond acceptors (Lipinski definition) is 6. The van der Waals surface area contributed by atoms with Gasteiger partial charge in [0.2, 0.25) is 5.82 Å². The number of aryl methyl sites for hydroxylation is 1. The van der Waals surface area contributed by atoms with Crippen LogP contribution in [0, 0.1) is 0 Å². The molecule has 0 aliphatic rings. The molecule has 0 aliphatic heterocycles. The molecule has 0 fully saturated rings. The van der Waals surface area contributed by atoms with Crippen molar-refractivity contribution in [1.29, 1.82) is 0 Å². The average molecular weight is 433 g/mol. The Labute approximate surface area is 177 Å². The number of aromatic nitrogens is 2. The molecule has 164 valence electrons. The van der Waals surface area contributed by atoms with Crippen molar-refractivity contribution in [3.63, 3.8) is 0 Å². The van der Waals surface area contributed by atoms with Gasteiger partial charge in [-0.2, -0.15) is 18.2 Å². The molecule has 31 heavy (non-hydrogen) atoms. The fraction of sp³-hybridized carbons (Fsp3) is 0.318. The smallest absolute Gasteiger partial charge is 0.471 e. The van der Waals surface area contributed by atoms with Gasteiger partial charge in [-0.25, -0.2) is 0 Å². The van der Waals surface area contributed by atoms with Crippen LogP contribution in [-0.4, -0.2) is 48.1 Å². The van der Waals surface area contributed by atoms with Crippen molar-refractivity contribution in [3.8, 4) is 17.1 Å². The van der Waals surface area contributed by atoms with Gasteiger partial charge in [-0.3, -0.25) is 4.79 Å². The van der Waals surface area contributed by atoms with E-state index in [4.69, 9.17) is 4.74 Å². The second-order valence-corrected chi connectivity index (χ2v) is 7.22. The maximum absolute atomic E-state index is 12.6. The van der Waals surface area contributed by atoms with Gasteiger partial charge in [-0.1, -0.05) is 35.5 Å². The standard InChI is InChI=1S/C22H22F3N3O3/c1-28(2)12-13-30-18-9-6-15(7-10-18)8-11-19(29)16-4-3-5-17(14-16)20-26-21(31-27-20)22(23,24)25/h3-7,9-10,14H,8,11-13H2,1-2H3. The first-order valence-corrected chi connectivity index (χ1v) is 9.63. The molecule has 9 heteroatoms. The first-order valence-electron chi connectivity index (χ1n) is 9.63. The van der Waals surface area contributed by atoms with Gasteiger partial charge in [0.1, 0.15) is 12.4 Å². The number of rotatable bonds is 9. The Morgan fingerprint density at radius 1 is 1.13 bits per heavy atom. The fourth-order valence-electron chi connectivity index (χ4n) is 2.79. The highest BCUT2D eigenvalue weighted by atomic mass is 19.4. The van der Waals surface area contributed by atoms with Crippen LogP contribution in [0.2, 0.25) is 0 Å². The van der Waals surface area contributed by atoms with Crippen LogP contribution in [0.1, 0.15) is 28.2 Å². The van der Waals surface area contributed by atoms with Crippen LogP contribution in [0.5, 0.6) is 5.75 Å². The summed E-state index contributed by atoms with van der Waals surface area (Å²) in [5.41, 5.74) is 1.64. The number of hydrogen-bond donors (Lipinski definition) is 0. The lowest BCUT2D eigenvalue weighted by Gasteiger charge is -2.11. The van der Waals surface area contributed by atoms with Crippen LogP contribution in [-0.2, 0) is 12.6 Å². The number of likely N-dealkylation sites (N-methyl/N-ethyl adjacent to an activating group) is 1. The summed E-state index contributed by atoms with van der Waals surface area (Å²) in [4.78, 5) is 18.0. The summed E-state index contributed by atoms with van der Waals surface area (Å²) in [7, 11) is 3.95. The van der Waals surface area contributed by atoms with E-state index in [2.05, 4.69) is 14.7 Å². The van der Waals surface area contributed by atoms with Crippen molar-refractivity contribution >= 4 is 5.78 Å². The van der Waals surface area contributed by atoms with Gasteiger partial charge < -0.3 is 14.2 Å². The Bertz CT molecular complexity index is 1010. The molecule has 3 aromatic rings. The molecule has 0 N–H and O–H groups in total. The summed E-state index contributed by atoms with van der Waals surface area (Å²) in [6.07, 6.45) is -3.93. The van der Waals surface area contributed by atoms with Gasteiger partial charge in [0.05, 0.1) is 0 Å². The molecule has 0 atom stereocenters. The van der Waals surface area contributed by atoms with Crippen molar-refractivity contribution in [2.24, 2.45) is 0 Å². The van der Waals surface area contributed by atoms with Gasteiger partial charge in [-0.15, -0.1) is 0 Å². The highest BCUT2D eigenvalue weighted by Crippen LogP contribution is 2.29. The summed E-state index contributed by atoms with van der Waals surface area (Å²) < 4.78 is 47.8. The fourth-order valence-corrected chi connectivity index (χ4v) is 2.79. The van der Waals surface area contributed by atoms with Gasteiger partial charge in [0, 0.05) is 24.1 Å². The van der Waals surface area contributed by atoms with E-state index in [-0.39, 0.29) is 23.6 Å². The molecule has 0 aliphatic carbocycles. The van der Waals surface area contributed by atoms with Crippen molar-refractivity contribution in [3.05, 3.63) is 65.5 Å². The highest BCUT2D eigenvalue weighted by molar-refractivity contribution is 5.97. The minimum atomic E-state index is -4.72. The van der Waals surface area contributed by atoms with E-state index >= 15 is 0 Å². The molecule has 3 rings (SSSR count). The first kappa shape index (κ1) is 22.5. The number of nitrogens with zero attached hydrogens (tertiary/aromatic N) is 3. The van der Waals surface area contributed by atoms with Gasteiger partial charge in [0.15, 0.2) is 5.78 Å². The molecule has 0 spiro atoms. The molecular weight excluding hydrogens is 411 g/mol. The molecule has 2 aromatic carbocycles. The molecule has 0 bridgehead atoms. The average Bonchev–Trinajstić information content (AvgIpc) is 3.24. The first-order chi connectivity index (χ1) is 14.7. The quantitative estimate of drug-likeness (QED) is 0.463. The monoisotopic (exact) mass is 433 g/mol. The van der Waals surface area contributed by atoms with E-state index in [0.717, 1.165) is 17.9 Å². The SMILES string of the molecule is CN(C)CCOc1ccc(CCC(=O)c2cccc(-c3noc(C(F)(F)F)n3)c2)cc1. The number of halogens is 3. The van der Waals surface area contributed by atoms with Crippen LogP contribution < -0.4 is 4.74 Å². The van der Waals surface area contributed by atoms with E-state index in [1.807, 2.05) is 43.3 Å².